The molecule has 0 unspecified atom stereocenters. The van der Waals surface area contributed by atoms with Crippen LogP contribution in [0.3, 0.4) is 0 Å². The Morgan fingerprint density at radius 1 is 1.22 bits per heavy atom. The Bertz CT molecular complexity index is 667. The monoisotopic (exact) mass is 339 g/mol. The van der Waals surface area contributed by atoms with Crippen molar-refractivity contribution in [3.8, 4) is 0 Å². The number of benzene rings is 1. The molecule has 7 heteroatoms. The zero-order valence-corrected chi connectivity index (χ0v) is 14.8. The first kappa shape index (κ1) is 17.9. The smallest absolute Gasteiger partial charge is 0.282 e. The van der Waals surface area contributed by atoms with Crippen LogP contribution in [0.25, 0.3) is 0 Å². The number of nitrogens with zero attached hydrogens (tertiary/aromatic N) is 2. The molecule has 0 radical (unpaired) electrons. The molecule has 1 aliphatic heterocycles. The summed E-state index contributed by atoms with van der Waals surface area (Å²) in [5.74, 6) is -0.332. The van der Waals surface area contributed by atoms with Crippen LogP contribution in [0.5, 0.6) is 0 Å². The van der Waals surface area contributed by atoms with Gasteiger partial charge in [-0.3, -0.25) is 4.79 Å². The van der Waals surface area contributed by atoms with E-state index in [9.17, 15) is 13.2 Å². The Balaban J connectivity index is 2.00. The highest BCUT2D eigenvalue weighted by molar-refractivity contribution is 7.86. The van der Waals surface area contributed by atoms with Crippen molar-refractivity contribution in [1.82, 2.24) is 8.61 Å². The predicted octanol–water partition coefficient (Wildman–Crippen LogP) is 1.90. The van der Waals surface area contributed by atoms with Crippen molar-refractivity contribution in [3.63, 3.8) is 0 Å². The van der Waals surface area contributed by atoms with Crippen LogP contribution >= 0.6 is 0 Å². The maximum absolute atomic E-state index is 12.5. The fraction of sp³-hybridized carbons (Fsp3) is 0.562. The Labute approximate surface area is 138 Å². The summed E-state index contributed by atoms with van der Waals surface area (Å²) >= 11 is 0. The van der Waals surface area contributed by atoms with Crippen LogP contribution < -0.4 is 5.32 Å². The van der Waals surface area contributed by atoms with Gasteiger partial charge in [-0.15, -0.1) is 0 Å². The molecule has 1 aliphatic rings. The molecule has 0 saturated carbocycles. The minimum atomic E-state index is -3.56. The van der Waals surface area contributed by atoms with Crippen molar-refractivity contribution >= 4 is 21.8 Å². The third-order valence-electron chi connectivity index (χ3n) is 4.28. The molecule has 1 amide bonds. The molecule has 128 valence electrons. The number of nitrogens with one attached hydrogen (secondary N) is 1. The first-order valence-electron chi connectivity index (χ1n) is 7.90. The van der Waals surface area contributed by atoms with Crippen LogP contribution in [-0.2, 0) is 15.0 Å². The number of hydrogen-bond acceptors (Lipinski definition) is 3. The van der Waals surface area contributed by atoms with Crippen molar-refractivity contribution in [1.29, 1.82) is 0 Å². The average Bonchev–Trinajstić information content (AvgIpc) is 2.52. The number of anilines is 1. The highest BCUT2D eigenvalue weighted by atomic mass is 32.2. The molecule has 1 aromatic carbocycles. The van der Waals surface area contributed by atoms with Crippen LogP contribution in [0.4, 0.5) is 5.69 Å². The first-order chi connectivity index (χ1) is 10.8. The predicted molar refractivity (Wildman–Crippen MR) is 91.5 cm³/mol. The molecular formula is C16H25N3O3S. The van der Waals surface area contributed by atoms with Gasteiger partial charge in [0.15, 0.2) is 0 Å². The minimum absolute atomic E-state index is 0.188. The SMILES string of the molecule is Cc1cccc(NC(=O)CN(C)S(=O)(=O)N2CCCCC2)c1C. The highest BCUT2D eigenvalue weighted by Gasteiger charge is 2.29. The quantitative estimate of drug-likeness (QED) is 0.891. The van der Waals surface area contributed by atoms with Gasteiger partial charge in [-0.2, -0.15) is 17.0 Å². The molecule has 1 heterocycles. The molecule has 23 heavy (non-hydrogen) atoms. The van der Waals surface area contributed by atoms with E-state index in [1.54, 1.807) is 0 Å². The second kappa shape index (κ2) is 7.42. The van der Waals surface area contributed by atoms with Crippen molar-refractivity contribution in [3.05, 3.63) is 29.3 Å². The third-order valence-corrected chi connectivity index (χ3v) is 6.21. The third kappa shape index (κ3) is 4.31. The number of hydrogen-bond donors (Lipinski definition) is 1. The van der Waals surface area contributed by atoms with E-state index >= 15 is 0 Å². The summed E-state index contributed by atoms with van der Waals surface area (Å²) in [5.41, 5.74) is 2.79. The number of amides is 1. The molecule has 1 fully saturated rings. The molecule has 0 atom stereocenters. The van der Waals surface area contributed by atoms with E-state index in [0.717, 1.165) is 40.4 Å². The van der Waals surface area contributed by atoms with Gasteiger partial charge in [0.25, 0.3) is 10.2 Å². The van der Waals surface area contributed by atoms with Gasteiger partial charge in [-0.25, -0.2) is 0 Å². The van der Waals surface area contributed by atoms with Gasteiger partial charge in [-0.1, -0.05) is 18.6 Å². The van der Waals surface area contributed by atoms with E-state index in [2.05, 4.69) is 5.32 Å². The lowest BCUT2D eigenvalue weighted by molar-refractivity contribution is -0.116. The molecule has 0 bridgehead atoms. The van der Waals surface area contributed by atoms with Crippen LogP contribution in [0, 0.1) is 13.8 Å². The van der Waals surface area contributed by atoms with E-state index in [4.69, 9.17) is 0 Å². The molecule has 1 saturated heterocycles. The molecule has 1 aromatic rings. The number of piperidine rings is 1. The van der Waals surface area contributed by atoms with Crippen molar-refractivity contribution in [2.75, 3.05) is 32.0 Å². The molecule has 6 nitrogen and oxygen atoms in total. The Hall–Kier alpha value is -1.44. The van der Waals surface area contributed by atoms with Gasteiger partial charge >= 0.3 is 0 Å². The minimum Gasteiger partial charge on any atom is -0.325 e. The summed E-state index contributed by atoms with van der Waals surface area (Å²) in [6, 6.07) is 5.66. The molecule has 0 aromatic heterocycles. The van der Waals surface area contributed by atoms with Gasteiger partial charge < -0.3 is 5.32 Å². The molecule has 1 N–H and O–H groups in total. The Kier molecular flexibility index (Phi) is 5.78. The average molecular weight is 339 g/mol. The first-order valence-corrected chi connectivity index (χ1v) is 9.29. The van der Waals surface area contributed by atoms with E-state index in [1.807, 2.05) is 32.0 Å². The number of carbonyl (C=O) groups excluding carboxylic acids is 1. The number of aryl methyl sites for hydroxylation is 1. The number of rotatable bonds is 5. The second-order valence-corrected chi connectivity index (χ2v) is 8.05. The maximum atomic E-state index is 12.5. The lowest BCUT2D eigenvalue weighted by atomic mass is 10.1. The van der Waals surface area contributed by atoms with Gasteiger partial charge in [-0.05, 0) is 43.9 Å². The topological polar surface area (TPSA) is 69.7 Å². The van der Waals surface area contributed by atoms with Gasteiger partial charge in [0.1, 0.15) is 0 Å². The fourth-order valence-electron chi connectivity index (χ4n) is 2.65. The standard InChI is InChI=1S/C16H25N3O3S/c1-13-8-7-9-15(14(13)2)17-16(20)12-18(3)23(21,22)19-10-5-4-6-11-19/h7-9H,4-6,10-12H2,1-3H3,(H,17,20). The lowest BCUT2D eigenvalue weighted by Crippen LogP contribution is -2.46. The molecule has 2 rings (SSSR count). The molecule has 0 spiro atoms. The highest BCUT2D eigenvalue weighted by Crippen LogP contribution is 2.19. The van der Waals surface area contributed by atoms with E-state index in [-0.39, 0.29) is 12.5 Å². The van der Waals surface area contributed by atoms with Crippen LogP contribution in [0.1, 0.15) is 30.4 Å². The summed E-state index contributed by atoms with van der Waals surface area (Å²) in [6.45, 7) is 4.78. The Morgan fingerprint density at radius 3 is 2.52 bits per heavy atom. The van der Waals surface area contributed by atoms with Gasteiger partial charge in [0, 0.05) is 25.8 Å². The van der Waals surface area contributed by atoms with Crippen molar-refractivity contribution < 1.29 is 13.2 Å². The van der Waals surface area contributed by atoms with E-state index < -0.39 is 10.2 Å². The van der Waals surface area contributed by atoms with E-state index in [0.29, 0.717) is 13.1 Å². The summed E-state index contributed by atoms with van der Waals surface area (Å²) in [4.78, 5) is 12.2. The van der Waals surface area contributed by atoms with Crippen molar-refractivity contribution in [2.24, 2.45) is 0 Å². The molecular weight excluding hydrogens is 314 g/mol. The van der Waals surface area contributed by atoms with Gasteiger partial charge in [0.05, 0.1) is 6.54 Å². The Morgan fingerprint density at radius 2 is 1.87 bits per heavy atom. The van der Waals surface area contributed by atoms with Gasteiger partial charge in [0.2, 0.25) is 5.91 Å². The zero-order valence-electron chi connectivity index (χ0n) is 14.0. The maximum Gasteiger partial charge on any atom is 0.282 e. The molecule has 0 aliphatic carbocycles. The van der Waals surface area contributed by atoms with Crippen LogP contribution in [-0.4, -0.2) is 49.6 Å². The summed E-state index contributed by atoms with van der Waals surface area (Å²) in [5, 5.41) is 2.79. The zero-order chi connectivity index (χ0) is 17.0. The fourth-order valence-corrected chi connectivity index (χ4v) is 4.05. The van der Waals surface area contributed by atoms with E-state index in [1.165, 1.54) is 11.4 Å². The van der Waals surface area contributed by atoms with Crippen LogP contribution in [0.15, 0.2) is 18.2 Å². The summed E-state index contributed by atoms with van der Waals surface area (Å²) in [7, 11) is -2.11. The normalized spacial score (nSPS) is 16.5. The van der Waals surface area contributed by atoms with Crippen molar-refractivity contribution in [2.45, 2.75) is 33.1 Å². The summed E-state index contributed by atoms with van der Waals surface area (Å²) in [6.07, 6.45) is 2.81. The second-order valence-electron chi connectivity index (χ2n) is 6.02. The lowest BCUT2D eigenvalue weighted by Gasteiger charge is -2.29. The largest absolute Gasteiger partial charge is 0.325 e. The van der Waals surface area contributed by atoms with Crippen LogP contribution in [0.2, 0.25) is 0 Å². The number of carbonyl (C=O) groups is 1. The summed E-state index contributed by atoms with van der Waals surface area (Å²) < 4.78 is 27.5. The number of likely N-dealkylation sites (N-methyl/N-ethyl adjacent to an activating group) is 1.